The van der Waals surface area contributed by atoms with Gasteiger partial charge in [-0.05, 0) is 25.5 Å². The van der Waals surface area contributed by atoms with E-state index in [1.54, 1.807) is 0 Å². The molecule has 6 nitrogen and oxygen atoms in total. The highest BCUT2D eigenvalue weighted by atomic mass is 16.2. The van der Waals surface area contributed by atoms with Crippen LogP contribution in [0.4, 0.5) is 0 Å². The molecule has 2 amide bonds. The molecular formula is C20H32N4O2. The smallest absolute Gasteiger partial charge is 0.309 e. The second kappa shape index (κ2) is 9.69. The highest BCUT2D eigenvalue weighted by molar-refractivity contribution is 6.35. The first kappa shape index (κ1) is 20.4. The number of nitrogens with zero attached hydrogens (tertiary/aromatic N) is 2. The Labute approximate surface area is 156 Å². The van der Waals surface area contributed by atoms with Gasteiger partial charge in [-0.25, -0.2) is 0 Å². The van der Waals surface area contributed by atoms with E-state index >= 15 is 0 Å². The van der Waals surface area contributed by atoms with Gasteiger partial charge >= 0.3 is 11.8 Å². The molecule has 1 aromatic rings. The van der Waals surface area contributed by atoms with Gasteiger partial charge in [-0.15, -0.1) is 0 Å². The van der Waals surface area contributed by atoms with Crippen molar-refractivity contribution in [1.82, 2.24) is 20.4 Å². The number of carbonyl (C=O) groups is 2. The average Bonchev–Trinajstić information content (AvgIpc) is 2.62. The third kappa shape index (κ3) is 6.11. The van der Waals surface area contributed by atoms with Crippen molar-refractivity contribution in [3.63, 3.8) is 0 Å². The summed E-state index contributed by atoms with van der Waals surface area (Å²) >= 11 is 0. The molecule has 1 aliphatic rings. The largest absolute Gasteiger partial charge is 0.348 e. The predicted octanol–water partition coefficient (Wildman–Crippen LogP) is 1.17. The first-order chi connectivity index (χ1) is 12.4. The SMILES string of the molecule is Cc1ccc(C(CNC(=O)C(=O)NCC(C)C)N2CCN(C)CC2)cc1. The summed E-state index contributed by atoms with van der Waals surface area (Å²) in [5.41, 5.74) is 2.38. The van der Waals surface area contributed by atoms with E-state index in [0.29, 0.717) is 19.0 Å². The van der Waals surface area contributed by atoms with Gasteiger partial charge in [0, 0.05) is 39.3 Å². The Morgan fingerprint density at radius 2 is 1.50 bits per heavy atom. The molecule has 0 bridgehead atoms. The van der Waals surface area contributed by atoms with E-state index in [2.05, 4.69) is 58.7 Å². The Bertz CT molecular complexity index is 592. The fraction of sp³-hybridized carbons (Fsp3) is 0.600. The second-order valence-electron chi connectivity index (χ2n) is 7.58. The summed E-state index contributed by atoms with van der Waals surface area (Å²) in [6, 6.07) is 8.49. The van der Waals surface area contributed by atoms with E-state index in [-0.39, 0.29) is 6.04 Å². The van der Waals surface area contributed by atoms with Crippen molar-refractivity contribution >= 4 is 11.8 Å². The van der Waals surface area contributed by atoms with Crippen molar-refractivity contribution in [2.24, 2.45) is 5.92 Å². The monoisotopic (exact) mass is 360 g/mol. The minimum Gasteiger partial charge on any atom is -0.348 e. The molecule has 6 heteroatoms. The van der Waals surface area contributed by atoms with Gasteiger partial charge in [0.15, 0.2) is 0 Å². The standard InChI is InChI=1S/C20H32N4O2/c1-15(2)13-21-19(25)20(26)22-14-18(17-7-5-16(3)6-8-17)24-11-9-23(4)10-12-24/h5-8,15,18H,9-14H2,1-4H3,(H,21,25)(H,22,26). The molecule has 1 heterocycles. The fourth-order valence-corrected chi connectivity index (χ4v) is 3.03. The lowest BCUT2D eigenvalue weighted by atomic mass is 10.0. The van der Waals surface area contributed by atoms with Crippen molar-refractivity contribution < 1.29 is 9.59 Å². The minimum atomic E-state index is -0.558. The van der Waals surface area contributed by atoms with Crippen molar-refractivity contribution in [3.05, 3.63) is 35.4 Å². The zero-order valence-electron chi connectivity index (χ0n) is 16.4. The first-order valence-corrected chi connectivity index (χ1v) is 9.42. The lowest BCUT2D eigenvalue weighted by molar-refractivity contribution is -0.139. The van der Waals surface area contributed by atoms with Gasteiger partial charge in [0.1, 0.15) is 0 Å². The molecule has 2 N–H and O–H groups in total. The number of aryl methyl sites for hydroxylation is 1. The van der Waals surface area contributed by atoms with Gasteiger partial charge in [0.25, 0.3) is 0 Å². The first-order valence-electron chi connectivity index (χ1n) is 9.42. The maximum Gasteiger partial charge on any atom is 0.309 e. The Morgan fingerprint density at radius 1 is 0.962 bits per heavy atom. The maximum absolute atomic E-state index is 12.1. The zero-order chi connectivity index (χ0) is 19.1. The average molecular weight is 361 g/mol. The van der Waals surface area contributed by atoms with Gasteiger partial charge < -0.3 is 15.5 Å². The van der Waals surface area contributed by atoms with Gasteiger partial charge in [-0.1, -0.05) is 43.7 Å². The van der Waals surface area contributed by atoms with Crippen LogP contribution in [-0.2, 0) is 9.59 Å². The highest BCUT2D eigenvalue weighted by Gasteiger charge is 2.25. The summed E-state index contributed by atoms with van der Waals surface area (Å²) < 4.78 is 0. The molecule has 1 aliphatic heterocycles. The number of carbonyl (C=O) groups excluding carboxylic acids is 2. The number of hydrogen-bond donors (Lipinski definition) is 2. The molecule has 1 atom stereocenters. The zero-order valence-corrected chi connectivity index (χ0v) is 16.4. The lowest BCUT2D eigenvalue weighted by Gasteiger charge is -2.38. The van der Waals surface area contributed by atoms with Crippen LogP contribution >= 0.6 is 0 Å². The molecule has 0 saturated carbocycles. The van der Waals surface area contributed by atoms with E-state index in [9.17, 15) is 9.59 Å². The highest BCUT2D eigenvalue weighted by Crippen LogP contribution is 2.22. The summed E-state index contributed by atoms with van der Waals surface area (Å²) in [4.78, 5) is 28.7. The van der Waals surface area contributed by atoms with Crippen molar-refractivity contribution in [1.29, 1.82) is 0 Å². The number of likely N-dealkylation sites (N-methyl/N-ethyl adjacent to an activating group) is 1. The molecule has 0 radical (unpaired) electrons. The van der Waals surface area contributed by atoms with Gasteiger partial charge in [-0.2, -0.15) is 0 Å². The van der Waals surface area contributed by atoms with Crippen LogP contribution in [0.3, 0.4) is 0 Å². The number of piperazine rings is 1. The van der Waals surface area contributed by atoms with E-state index in [1.807, 2.05) is 13.8 Å². The summed E-state index contributed by atoms with van der Waals surface area (Å²) in [6.45, 7) is 10.9. The van der Waals surface area contributed by atoms with Crippen LogP contribution in [0.15, 0.2) is 24.3 Å². The van der Waals surface area contributed by atoms with Crippen molar-refractivity contribution in [2.75, 3.05) is 46.3 Å². The molecule has 26 heavy (non-hydrogen) atoms. The number of benzene rings is 1. The number of rotatable bonds is 6. The fourth-order valence-electron chi connectivity index (χ4n) is 3.03. The van der Waals surface area contributed by atoms with Crippen molar-refractivity contribution in [2.45, 2.75) is 26.8 Å². The third-order valence-corrected chi connectivity index (χ3v) is 4.77. The summed E-state index contributed by atoms with van der Waals surface area (Å²) in [5.74, 6) is -0.797. The number of nitrogens with one attached hydrogen (secondary N) is 2. The topological polar surface area (TPSA) is 64.7 Å². The van der Waals surface area contributed by atoms with Crippen LogP contribution in [0.1, 0.15) is 31.0 Å². The molecule has 1 unspecified atom stereocenters. The van der Waals surface area contributed by atoms with E-state index in [4.69, 9.17) is 0 Å². The quantitative estimate of drug-likeness (QED) is 0.748. The summed E-state index contributed by atoms with van der Waals surface area (Å²) in [6.07, 6.45) is 0. The Kier molecular flexibility index (Phi) is 7.60. The van der Waals surface area contributed by atoms with Crippen LogP contribution < -0.4 is 10.6 Å². The summed E-state index contributed by atoms with van der Waals surface area (Å²) in [7, 11) is 2.12. The van der Waals surface area contributed by atoms with Gasteiger partial charge in [-0.3, -0.25) is 14.5 Å². The molecule has 2 rings (SSSR count). The van der Waals surface area contributed by atoms with Gasteiger partial charge in [0.2, 0.25) is 0 Å². The van der Waals surface area contributed by atoms with E-state index < -0.39 is 11.8 Å². The maximum atomic E-state index is 12.1. The normalized spacial score (nSPS) is 17.1. The lowest BCUT2D eigenvalue weighted by Crippen LogP contribution is -2.50. The van der Waals surface area contributed by atoms with Crippen LogP contribution in [0.5, 0.6) is 0 Å². The number of hydrogen-bond acceptors (Lipinski definition) is 4. The van der Waals surface area contributed by atoms with E-state index in [1.165, 1.54) is 11.1 Å². The summed E-state index contributed by atoms with van der Waals surface area (Å²) in [5, 5.41) is 5.49. The van der Waals surface area contributed by atoms with Gasteiger partial charge in [0.05, 0.1) is 6.04 Å². The van der Waals surface area contributed by atoms with Crippen LogP contribution in [0, 0.1) is 12.8 Å². The minimum absolute atomic E-state index is 0.0751. The van der Waals surface area contributed by atoms with Crippen LogP contribution in [0.2, 0.25) is 0 Å². The van der Waals surface area contributed by atoms with Crippen molar-refractivity contribution in [3.8, 4) is 0 Å². The van der Waals surface area contributed by atoms with E-state index in [0.717, 1.165) is 26.2 Å². The molecule has 0 aliphatic carbocycles. The predicted molar refractivity (Wildman–Crippen MR) is 104 cm³/mol. The molecule has 0 aromatic heterocycles. The molecular weight excluding hydrogens is 328 g/mol. The molecule has 144 valence electrons. The Morgan fingerprint density at radius 3 is 2.04 bits per heavy atom. The Hall–Kier alpha value is -1.92. The van der Waals surface area contributed by atoms with Crippen LogP contribution in [-0.4, -0.2) is 67.9 Å². The third-order valence-electron chi connectivity index (χ3n) is 4.77. The Balaban J connectivity index is 2.01. The molecule has 1 fully saturated rings. The number of amides is 2. The second-order valence-corrected chi connectivity index (χ2v) is 7.58. The van der Waals surface area contributed by atoms with Crippen LogP contribution in [0.25, 0.3) is 0 Å². The molecule has 0 spiro atoms. The molecule has 1 aromatic carbocycles. The molecule has 1 saturated heterocycles.